The lowest BCUT2D eigenvalue weighted by Gasteiger charge is -2.47. The minimum Gasteiger partial charge on any atom is -0.447 e. The summed E-state index contributed by atoms with van der Waals surface area (Å²) in [5.41, 5.74) is 1.75. The molecule has 2 amide bonds. The average Bonchev–Trinajstić information content (AvgIpc) is 2.67. The van der Waals surface area contributed by atoms with E-state index in [9.17, 15) is 9.59 Å². The van der Waals surface area contributed by atoms with Gasteiger partial charge in [0.15, 0.2) is 0 Å². The van der Waals surface area contributed by atoms with Crippen LogP contribution in [-0.4, -0.2) is 71.7 Å². The van der Waals surface area contributed by atoms with Gasteiger partial charge in [0.2, 0.25) is 5.91 Å². The van der Waals surface area contributed by atoms with Gasteiger partial charge in [0.1, 0.15) is 6.61 Å². The molecule has 2 aliphatic heterocycles. The number of nitrogens with zero attached hydrogens (tertiary/aromatic N) is 4. The lowest BCUT2D eigenvalue weighted by Crippen LogP contribution is -2.52. The third-order valence-corrected chi connectivity index (χ3v) is 5.53. The molecule has 3 rings (SSSR count). The summed E-state index contributed by atoms with van der Waals surface area (Å²) in [5.74, 6) is 0.171. The molecule has 2 saturated heterocycles. The van der Waals surface area contributed by atoms with Crippen molar-refractivity contribution < 1.29 is 19.1 Å². The van der Waals surface area contributed by atoms with E-state index >= 15 is 0 Å². The predicted octanol–water partition coefficient (Wildman–Crippen LogP) is 1.77. The molecule has 0 radical (unpaired) electrons. The third kappa shape index (κ3) is 4.94. The van der Waals surface area contributed by atoms with Crippen LogP contribution in [-0.2, 0) is 20.8 Å². The first-order valence-corrected chi connectivity index (χ1v) is 9.47. The minimum absolute atomic E-state index is 0.0787. The normalized spacial score (nSPS) is 19.4. The van der Waals surface area contributed by atoms with E-state index in [4.69, 9.17) is 9.47 Å². The number of piperidine rings is 2. The van der Waals surface area contributed by atoms with Crippen molar-refractivity contribution in [2.45, 2.75) is 39.2 Å². The molecule has 1 aromatic rings. The van der Waals surface area contributed by atoms with Gasteiger partial charge in [-0.15, -0.1) is 0 Å². The number of amides is 2. The zero-order valence-corrected chi connectivity index (χ0v) is 16.1. The molecule has 0 aliphatic carbocycles. The Morgan fingerprint density at radius 1 is 1.19 bits per heavy atom. The smallest absolute Gasteiger partial charge is 0.409 e. The number of likely N-dealkylation sites (tertiary alicyclic amines) is 2. The molecule has 0 aromatic carbocycles. The fraction of sp³-hybridized carbons (Fsp3) is 0.684. The fourth-order valence-corrected chi connectivity index (χ4v) is 3.82. The molecule has 0 atom stereocenters. The monoisotopic (exact) mass is 376 g/mol. The Morgan fingerprint density at radius 3 is 2.63 bits per heavy atom. The number of methoxy groups -OCH3 is 1. The van der Waals surface area contributed by atoms with Crippen LogP contribution in [0.2, 0.25) is 0 Å². The summed E-state index contributed by atoms with van der Waals surface area (Å²) in [6.45, 7) is 5.12. The number of carbonyl (C=O) groups excluding carboxylic acids is 2. The number of ether oxygens (including phenoxy) is 2. The molecule has 1 spiro atoms. The van der Waals surface area contributed by atoms with Crippen molar-refractivity contribution in [2.75, 3.05) is 40.0 Å². The van der Waals surface area contributed by atoms with Gasteiger partial charge in [-0.1, -0.05) is 0 Å². The molecule has 0 bridgehead atoms. The summed E-state index contributed by atoms with van der Waals surface area (Å²) in [7, 11) is 1.58. The van der Waals surface area contributed by atoms with Crippen LogP contribution in [0.25, 0.3) is 0 Å². The second kappa shape index (κ2) is 8.65. The van der Waals surface area contributed by atoms with E-state index in [1.807, 2.05) is 11.8 Å². The summed E-state index contributed by atoms with van der Waals surface area (Å²) < 4.78 is 10.1. The Hall–Kier alpha value is -2.22. The van der Waals surface area contributed by atoms with Gasteiger partial charge in [-0.05, 0) is 31.6 Å². The third-order valence-electron chi connectivity index (χ3n) is 5.53. The van der Waals surface area contributed by atoms with Crippen LogP contribution < -0.4 is 0 Å². The molecule has 8 heteroatoms. The number of rotatable bonds is 5. The number of aromatic nitrogens is 2. The van der Waals surface area contributed by atoms with Crippen LogP contribution in [0.5, 0.6) is 0 Å². The SMILES string of the molecule is COCCOC(=O)N1CCC2(CCC(=O)N(Cc3cnc(C)cn3)C2)CC1. The summed E-state index contributed by atoms with van der Waals surface area (Å²) >= 11 is 0. The highest BCUT2D eigenvalue weighted by Crippen LogP contribution is 2.40. The van der Waals surface area contributed by atoms with E-state index in [2.05, 4.69) is 9.97 Å². The van der Waals surface area contributed by atoms with E-state index < -0.39 is 0 Å². The molecule has 0 N–H and O–H groups in total. The van der Waals surface area contributed by atoms with E-state index in [-0.39, 0.29) is 24.0 Å². The number of carbonyl (C=O) groups is 2. The van der Waals surface area contributed by atoms with Gasteiger partial charge in [-0.2, -0.15) is 0 Å². The first-order chi connectivity index (χ1) is 13.0. The predicted molar refractivity (Wildman–Crippen MR) is 97.9 cm³/mol. The topological polar surface area (TPSA) is 84.9 Å². The standard InChI is InChI=1S/C19H28N4O4/c1-15-11-21-16(12-20-15)13-23-14-19(4-3-17(23)24)5-7-22(8-6-19)18(25)27-10-9-26-2/h11-12H,3-10,13-14H2,1-2H3. The van der Waals surface area contributed by atoms with Crippen LogP contribution in [0.15, 0.2) is 12.4 Å². The summed E-state index contributed by atoms with van der Waals surface area (Å²) in [4.78, 5) is 36.8. The van der Waals surface area contributed by atoms with Crippen molar-refractivity contribution in [1.29, 1.82) is 0 Å². The van der Waals surface area contributed by atoms with Gasteiger partial charge >= 0.3 is 6.09 Å². The quantitative estimate of drug-likeness (QED) is 0.728. The van der Waals surface area contributed by atoms with Crippen molar-refractivity contribution in [1.82, 2.24) is 19.8 Å². The van der Waals surface area contributed by atoms with Crippen LogP contribution in [0.3, 0.4) is 0 Å². The molecule has 2 aliphatic rings. The second-order valence-electron chi connectivity index (χ2n) is 7.49. The average molecular weight is 376 g/mol. The van der Waals surface area contributed by atoms with E-state index in [1.54, 1.807) is 24.4 Å². The second-order valence-corrected chi connectivity index (χ2v) is 7.49. The number of hydrogen-bond acceptors (Lipinski definition) is 6. The van der Waals surface area contributed by atoms with E-state index in [0.717, 1.165) is 30.7 Å². The Balaban J connectivity index is 1.55. The molecular weight excluding hydrogens is 348 g/mol. The van der Waals surface area contributed by atoms with Crippen LogP contribution >= 0.6 is 0 Å². The van der Waals surface area contributed by atoms with Gasteiger partial charge in [0.25, 0.3) is 0 Å². The first-order valence-electron chi connectivity index (χ1n) is 9.47. The Labute approximate surface area is 159 Å². The highest BCUT2D eigenvalue weighted by Gasteiger charge is 2.42. The number of aryl methyl sites for hydroxylation is 1. The van der Waals surface area contributed by atoms with Crippen molar-refractivity contribution in [3.05, 3.63) is 23.8 Å². The van der Waals surface area contributed by atoms with Crippen molar-refractivity contribution in [3.63, 3.8) is 0 Å². The first kappa shape index (κ1) is 19.5. The van der Waals surface area contributed by atoms with Gasteiger partial charge in [0, 0.05) is 39.4 Å². The molecule has 3 heterocycles. The lowest BCUT2D eigenvalue weighted by molar-refractivity contribution is -0.139. The maximum absolute atomic E-state index is 12.4. The zero-order chi connectivity index (χ0) is 19.3. The van der Waals surface area contributed by atoms with Gasteiger partial charge < -0.3 is 19.3 Å². The summed E-state index contributed by atoms with van der Waals surface area (Å²) in [5, 5.41) is 0. The molecule has 27 heavy (non-hydrogen) atoms. The van der Waals surface area contributed by atoms with E-state index in [1.165, 1.54) is 0 Å². The molecule has 148 valence electrons. The summed E-state index contributed by atoms with van der Waals surface area (Å²) in [6, 6.07) is 0. The highest BCUT2D eigenvalue weighted by molar-refractivity contribution is 5.77. The van der Waals surface area contributed by atoms with Crippen molar-refractivity contribution >= 4 is 12.0 Å². The molecule has 8 nitrogen and oxygen atoms in total. The lowest BCUT2D eigenvalue weighted by atomic mass is 9.72. The maximum Gasteiger partial charge on any atom is 0.409 e. The maximum atomic E-state index is 12.4. The van der Waals surface area contributed by atoms with Crippen LogP contribution in [0, 0.1) is 12.3 Å². The molecule has 1 aromatic heterocycles. The van der Waals surface area contributed by atoms with E-state index in [0.29, 0.717) is 39.2 Å². The fourth-order valence-electron chi connectivity index (χ4n) is 3.82. The Morgan fingerprint density at radius 2 is 1.96 bits per heavy atom. The summed E-state index contributed by atoms with van der Waals surface area (Å²) in [6.07, 6.45) is 6.40. The Bertz CT molecular complexity index is 656. The highest BCUT2D eigenvalue weighted by atomic mass is 16.6. The van der Waals surface area contributed by atoms with Crippen LogP contribution in [0.1, 0.15) is 37.1 Å². The molecule has 0 unspecified atom stereocenters. The van der Waals surface area contributed by atoms with Crippen LogP contribution in [0.4, 0.5) is 4.79 Å². The van der Waals surface area contributed by atoms with Crippen molar-refractivity contribution in [3.8, 4) is 0 Å². The van der Waals surface area contributed by atoms with Gasteiger partial charge in [-0.25, -0.2) is 4.79 Å². The van der Waals surface area contributed by atoms with Gasteiger partial charge in [-0.3, -0.25) is 14.8 Å². The van der Waals surface area contributed by atoms with Gasteiger partial charge in [0.05, 0.1) is 30.7 Å². The molecular formula is C19H28N4O4. The molecule has 2 fully saturated rings. The van der Waals surface area contributed by atoms with Crippen molar-refractivity contribution in [2.24, 2.45) is 5.41 Å². The molecule has 0 saturated carbocycles. The largest absolute Gasteiger partial charge is 0.447 e. The number of hydrogen-bond donors (Lipinski definition) is 0. The zero-order valence-electron chi connectivity index (χ0n) is 16.1. The minimum atomic E-state index is -0.277. The Kier molecular flexibility index (Phi) is 6.26.